The summed E-state index contributed by atoms with van der Waals surface area (Å²) in [6.07, 6.45) is 7.10. The Morgan fingerprint density at radius 2 is 2.21 bits per heavy atom. The number of allylic oxidation sites excluding steroid dienone is 1. The summed E-state index contributed by atoms with van der Waals surface area (Å²) in [4.78, 5) is 19.0. The van der Waals surface area contributed by atoms with E-state index >= 15 is 0 Å². The van der Waals surface area contributed by atoms with Crippen molar-refractivity contribution in [2.24, 2.45) is 13.0 Å². The van der Waals surface area contributed by atoms with Gasteiger partial charge in [-0.3, -0.25) is 4.79 Å². The molecule has 3 rings (SSSR count). The van der Waals surface area contributed by atoms with Crippen LogP contribution in [-0.4, -0.2) is 45.2 Å². The van der Waals surface area contributed by atoms with Gasteiger partial charge in [-0.25, -0.2) is 4.98 Å². The molecule has 1 atom stereocenters. The molecule has 1 aromatic heterocycles. The molecule has 6 heteroatoms. The average Bonchev–Trinajstić information content (AvgIpc) is 3.06. The van der Waals surface area contributed by atoms with Crippen molar-refractivity contribution in [1.82, 2.24) is 14.5 Å². The van der Waals surface area contributed by atoms with Gasteiger partial charge in [0.05, 0.1) is 12.2 Å². The van der Waals surface area contributed by atoms with Crippen LogP contribution in [0.1, 0.15) is 51.0 Å². The number of aromatic nitrogens is 2. The topological polar surface area (TPSA) is 67.6 Å². The summed E-state index contributed by atoms with van der Waals surface area (Å²) in [6, 6.07) is 0. The Balaban J connectivity index is 1.61. The number of carbonyl (C=O) groups excluding carboxylic acids is 1. The van der Waals surface area contributed by atoms with Crippen LogP contribution in [0, 0.1) is 5.92 Å². The molecule has 0 bridgehead atoms. The van der Waals surface area contributed by atoms with Crippen molar-refractivity contribution in [3.8, 4) is 0 Å². The van der Waals surface area contributed by atoms with Gasteiger partial charge in [0.25, 0.3) is 5.91 Å². The van der Waals surface area contributed by atoms with Gasteiger partial charge >= 0.3 is 0 Å². The van der Waals surface area contributed by atoms with E-state index in [9.17, 15) is 9.90 Å². The maximum Gasteiger partial charge on any atom is 0.253 e. The molecule has 24 heavy (non-hydrogen) atoms. The third kappa shape index (κ3) is 3.34. The van der Waals surface area contributed by atoms with Crippen molar-refractivity contribution < 1.29 is 14.6 Å². The number of amides is 1. The van der Waals surface area contributed by atoms with Crippen molar-refractivity contribution in [3.63, 3.8) is 0 Å². The molecule has 1 saturated heterocycles. The molecule has 2 aliphatic rings. The smallest absolute Gasteiger partial charge is 0.253 e. The molecule has 1 aromatic rings. The molecule has 0 aliphatic carbocycles. The Morgan fingerprint density at radius 1 is 1.46 bits per heavy atom. The van der Waals surface area contributed by atoms with E-state index in [4.69, 9.17) is 4.74 Å². The van der Waals surface area contributed by atoms with Crippen LogP contribution in [0.25, 0.3) is 0 Å². The third-order valence-corrected chi connectivity index (χ3v) is 5.16. The summed E-state index contributed by atoms with van der Waals surface area (Å²) in [5.74, 6) is 1.84. The lowest BCUT2D eigenvalue weighted by atomic mass is 9.90. The molecule has 2 aliphatic heterocycles. The largest absolute Gasteiger partial charge is 0.497 e. The van der Waals surface area contributed by atoms with Gasteiger partial charge in [0.1, 0.15) is 17.7 Å². The first-order valence-corrected chi connectivity index (χ1v) is 8.91. The minimum atomic E-state index is -0.564. The van der Waals surface area contributed by atoms with E-state index in [1.54, 1.807) is 6.20 Å². The van der Waals surface area contributed by atoms with E-state index in [2.05, 4.69) is 4.98 Å². The Bertz CT molecular complexity index is 615. The molecular formula is C18H27N3O3. The monoisotopic (exact) mass is 333 g/mol. The van der Waals surface area contributed by atoms with E-state index in [1.165, 1.54) is 0 Å². The number of aliphatic hydroxyl groups is 1. The molecule has 1 unspecified atom stereocenters. The third-order valence-electron chi connectivity index (χ3n) is 5.16. The van der Waals surface area contributed by atoms with Gasteiger partial charge in [0, 0.05) is 39.0 Å². The number of carbonyl (C=O) groups is 1. The van der Waals surface area contributed by atoms with E-state index in [1.807, 2.05) is 29.6 Å². The lowest BCUT2D eigenvalue weighted by Gasteiger charge is -2.35. The molecule has 1 amide bonds. The predicted molar refractivity (Wildman–Crippen MR) is 90.0 cm³/mol. The highest BCUT2D eigenvalue weighted by molar-refractivity contribution is 5.94. The highest BCUT2D eigenvalue weighted by Gasteiger charge is 2.32. The zero-order chi connectivity index (χ0) is 17.1. The van der Waals surface area contributed by atoms with Gasteiger partial charge in [-0.2, -0.15) is 0 Å². The molecule has 0 radical (unpaired) electrons. The molecule has 1 fully saturated rings. The molecule has 132 valence electrons. The number of rotatable bonds is 4. The second-order valence-electron chi connectivity index (χ2n) is 6.68. The lowest BCUT2D eigenvalue weighted by Crippen LogP contribution is -2.41. The predicted octanol–water partition coefficient (Wildman–Crippen LogP) is 2.17. The van der Waals surface area contributed by atoms with Crippen LogP contribution >= 0.6 is 0 Å². The first-order chi connectivity index (χ1) is 11.6. The van der Waals surface area contributed by atoms with Crippen molar-refractivity contribution in [2.45, 2.75) is 45.1 Å². The van der Waals surface area contributed by atoms with Gasteiger partial charge < -0.3 is 19.3 Å². The normalized spacial score (nSPS) is 20.9. The number of nitrogens with zero attached hydrogens (tertiary/aromatic N) is 3. The van der Waals surface area contributed by atoms with Crippen LogP contribution in [-0.2, 0) is 16.6 Å². The van der Waals surface area contributed by atoms with Gasteiger partial charge in [-0.05, 0) is 31.6 Å². The minimum absolute atomic E-state index is 0.122. The lowest BCUT2D eigenvalue weighted by molar-refractivity contribution is -0.129. The number of aryl methyl sites for hydroxylation is 1. The molecule has 6 nitrogen and oxygen atoms in total. The van der Waals surface area contributed by atoms with Crippen LogP contribution in [0.4, 0.5) is 0 Å². The van der Waals surface area contributed by atoms with Crippen LogP contribution in [0.3, 0.4) is 0 Å². The fourth-order valence-electron chi connectivity index (χ4n) is 3.69. The van der Waals surface area contributed by atoms with E-state index in [0.29, 0.717) is 18.9 Å². The summed E-state index contributed by atoms with van der Waals surface area (Å²) >= 11 is 0. The zero-order valence-corrected chi connectivity index (χ0v) is 14.6. The number of aliphatic hydroxyl groups excluding tert-OH is 1. The summed E-state index contributed by atoms with van der Waals surface area (Å²) < 4.78 is 7.52. The Hall–Kier alpha value is -1.82. The summed E-state index contributed by atoms with van der Waals surface area (Å²) in [5, 5.41) is 10.6. The molecule has 0 spiro atoms. The summed E-state index contributed by atoms with van der Waals surface area (Å²) in [5.41, 5.74) is 0.854. The average molecular weight is 333 g/mol. The highest BCUT2D eigenvalue weighted by Crippen LogP contribution is 2.31. The van der Waals surface area contributed by atoms with Gasteiger partial charge in [-0.1, -0.05) is 6.92 Å². The first kappa shape index (κ1) is 17.0. The van der Waals surface area contributed by atoms with Crippen molar-refractivity contribution in [3.05, 3.63) is 29.6 Å². The summed E-state index contributed by atoms with van der Waals surface area (Å²) in [6.45, 7) is 4.12. The standard InChI is InChI=1S/C18H27N3O3/c1-3-15-14(5-4-12-24-15)18(23)21-9-6-13(7-10-21)16(22)17-19-8-11-20(17)2/h8,11,13,16,22H,3-7,9-10,12H2,1-2H3. The van der Waals surface area contributed by atoms with Gasteiger partial charge in [0.2, 0.25) is 0 Å². The second-order valence-corrected chi connectivity index (χ2v) is 6.68. The molecule has 0 aromatic carbocycles. The Kier molecular flexibility index (Phi) is 5.23. The number of hydrogen-bond acceptors (Lipinski definition) is 4. The van der Waals surface area contributed by atoms with Crippen molar-refractivity contribution in [2.75, 3.05) is 19.7 Å². The van der Waals surface area contributed by atoms with Crippen LogP contribution < -0.4 is 0 Å². The molecule has 1 N–H and O–H groups in total. The van der Waals surface area contributed by atoms with Gasteiger partial charge in [0.15, 0.2) is 0 Å². The van der Waals surface area contributed by atoms with E-state index in [-0.39, 0.29) is 11.8 Å². The minimum Gasteiger partial charge on any atom is -0.497 e. The maximum atomic E-state index is 12.8. The number of ether oxygens (including phenoxy) is 1. The van der Waals surface area contributed by atoms with Crippen LogP contribution in [0.15, 0.2) is 23.7 Å². The van der Waals surface area contributed by atoms with E-state index < -0.39 is 6.10 Å². The fourth-order valence-corrected chi connectivity index (χ4v) is 3.69. The first-order valence-electron chi connectivity index (χ1n) is 8.91. The van der Waals surface area contributed by atoms with Gasteiger partial charge in [-0.15, -0.1) is 0 Å². The Morgan fingerprint density at radius 3 is 2.83 bits per heavy atom. The number of piperidine rings is 1. The van der Waals surface area contributed by atoms with Crippen LogP contribution in [0.5, 0.6) is 0 Å². The number of hydrogen-bond donors (Lipinski definition) is 1. The number of likely N-dealkylation sites (tertiary alicyclic amines) is 1. The van der Waals surface area contributed by atoms with E-state index in [0.717, 1.165) is 50.0 Å². The number of imidazole rings is 1. The second kappa shape index (κ2) is 7.38. The fraction of sp³-hybridized carbons (Fsp3) is 0.667. The molecular weight excluding hydrogens is 306 g/mol. The zero-order valence-electron chi connectivity index (χ0n) is 14.6. The highest BCUT2D eigenvalue weighted by atomic mass is 16.5. The molecule has 0 saturated carbocycles. The quantitative estimate of drug-likeness (QED) is 0.917. The summed E-state index contributed by atoms with van der Waals surface area (Å²) in [7, 11) is 1.89. The molecule has 3 heterocycles. The van der Waals surface area contributed by atoms with Crippen LogP contribution in [0.2, 0.25) is 0 Å². The van der Waals surface area contributed by atoms with Crippen molar-refractivity contribution >= 4 is 5.91 Å². The van der Waals surface area contributed by atoms with Crippen molar-refractivity contribution in [1.29, 1.82) is 0 Å². The Labute approximate surface area is 143 Å². The SMILES string of the molecule is CCC1=C(C(=O)N2CCC(C(O)c3nccn3C)CC2)CCCO1. The maximum absolute atomic E-state index is 12.8.